The number of hydrogen-bond acceptors (Lipinski definition) is 3. The first-order chi connectivity index (χ1) is 11.3. The van der Waals surface area contributed by atoms with Gasteiger partial charge in [-0.05, 0) is 43.5 Å². The van der Waals surface area contributed by atoms with Crippen molar-refractivity contribution in [1.29, 1.82) is 0 Å². The topological polar surface area (TPSA) is 84.2 Å². The van der Waals surface area contributed by atoms with Crippen molar-refractivity contribution in [3.63, 3.8) is 0 Å². The van der Waals surface area contributed by atoms with Crippen molar-refractivity contribution >= 4 is 11.9 Å². The summed E-state index contributed by atoms with van der Waals surface area (Å²) in [4.78, 5) is 23.4. The van der Waals surface area contributed by atoms with E-state index in [1.54, 1.807) is 26.0 Å². The number of carboxylic acids is 1. The Bertz CT molecular complexity index is 732. The summed E-state index contributed by atoms with van der Waals surface area (Å²) in [5.41, 5.74) is 3.52. The maximum Gasteiger partial charge on any atom is 0.326 e. The summed E-state index contributed by atoms with van der Waals surface area (Å²) in [6.07, 6.45) is 0. The summed E-state index contributed by atoms with van der Waals surface area (Å²) in [5, 5.41) is 16.1. The van der Waals surface area contributed by atoms with Gasteiger partial charge < -0.3 is 10.4 Å². The van der Waals surface area contributed by atoms with E-state index >= 15 is 0 Å². The predicted octanol–water partition coefficient (Wildman–Crippen LogP) is 2.39. The van der Waals surface area contributed by atoms with Gasteiger partial charge in [-0.25, -0.2) is 4.79 Å². The van der Waals surface area contributed by atoms with Gasteiger partial charge in [0.05, 0.1) is 12.2 Å². The van der Waals surface area contributed by atoms with Gasteiger partial charge in [0.15, 0.2) is 0 Å². The van der Waals surface area contributed by atoms with Crippen molar-refractivity contribution in [2.45, 2.75) is 40.3 Å². The van der Waals surface area contributed by atoms with Crippen LogP contribution in [0.2, 0.25) is 0 Å². The number of aliphatic carboxylic acids is 1. The number of carbonyl (C=O) groups excluding carboxylic acids is 1. The van der Waals surface area contributed by atoms with Crippen molar-refractivity contribution in [3.05, 3.63) is 52.8 Å². The zero-order valence-corrected chi connectivity index (χ0v) is 14.4. The SMILES string of the molecule is Cc1cc(C)n(Cc2ccc(C(=O)NC(C(=O)O)C(C)C)cc2)n1. The highest BCUT2D eigenvalue weighted by Gasteiger charge is 2.23. The first-order valence-electron chi connectivity index (χ1n) is 7.91. The normalized spacial score (nSPS) is 12.2. The number of aromatic nitrogens is 2. The van der Waals surface area contributed by atoms with Crippen molar-refractivity contribution in [1.82, 2.24) is 15.1 Å². The summed E-state index contributed by atoms with van der Waals surface area (Å²) in [7, 11) is 0. The first-order valence-corrected chi connectivity index (χ1v) is 7.91. The van der Waals surface area contributed by atoms with Gasteiger partial charge in [0.2, 0.25) is 0 Å². The average molecular weight is 329 g/mol. The Morgan fingerprint density at radius 1 is 1.21 bits per heavy atom. The number of hydrogen-bond donors (Lipinski definition) is 2. The minimum Gasteiger partial charge on any atom is -0.480 e. The number of carboxylic acid groups (broad SMARTS) is 1. The quantitative estimate of drug-likeness (QED) is 0.852. The van der Waals surface area contributed by atoms with Gasteiger partial charge in [0.25, 0.3) is 5.91 Å². The molecule has 2 rings (SSSR count). The van der Waals surface area contributed by atoms with Crippen LogP contribution in [0.15, 0.2) is 30.3 Å². The molecule has 2 N–H and O–H groups in total. The molecule has 0 saturated carbocycles. The van der Waals surface area contributed by atoms with E-state index in [-0.39, 0.29) is 11.8 Å². The zero-order chi connectivity index (χ0) is 17.9. The third-order valence-electron chi connectivity index (χ3n) is 3.87. The molecule has 0 aliphatic rings. The molecule has 1 amide bonds. The first kappa shape index (κ1) is 17.7. The number of aryl methyl sites for hydroxylation is 2. The highest BCUT2D eigenvalue weighted by atomic mass is 16.4. The zero-order valence-electron chi connectivity index (χ0n) is 14.4. The van der Waals surface area contributed by atoms with Crippen LogP contribution in [0.1, 0.15) is 41.2 Å². The molecule has 0 fully saturated rings. The van der Waals surface area contributed by atoms with Gasteiger partial charge in [-0.3, -0.25) is 9.48 Å². The van der Waals surface area contributed by atoms with Gasteiger partial charge in [0.1, 0.15) is 6.04 Å². The van der Waals surface area contributed by atoms with E-state index in [1.807, 2.05) is 36.7 Å². The monoisotopic (exact) mass is 329 g/mol. The lowest BCUT2D eigenvalue weighted by Crippen LogP contribution is -2.44. The molecule has 0 saturated heterocycles. The lowest BCUT2D eigenvalue weighted by Gasteiger charge is -2.18. The molecule has 24 heavy (non-hydrogen) atoms. The molecule has 0 aliphatic heterocycles. The highest BCUT2D eigenvalue weighted by molar-refractivity contribution is 5.96. The summed E-state index contributed by atoms with van der Waals surface area (Å²) >= 11 is 0. The van der Waals surface area contributed by atoms with E-state index in [4.69, 9.17) is 5.11 Å². The number of rotatable bonds is 6. The molecule has 1 atom stereocenters. The van der Waals surface area contributed by atoms with Gasteiger partial charge in [0, 0.05) is 11.3 Å². The van der Waals surface area contributed by atoms with Crippen molar-refractivity contribution in [2.24, 2.45) is 5.92 Å². The standard InChI is InChI=1S/C18H23N3O3/c1-11(2)16(18(23)24)19-17(22)15-7-5-14(6-8-15)10-21-13(4)9-12(3)20-21/h5-9,11,16H,10H2,1-4H3,(H,19,22)(H,23,24). The maximum atomic E-state index is 12.2. The summed E-state index contributed by atoms with van der Waals surface area (Å²) in [6.45, 7) is 8.10. The van der Waals surface area contributed by atoms with E-state index in [1.165, 1.54) is 0 Å². The smallest absolute Gasteiger partial charge is 0.326 e. The fraction of sp³-hybridized carbons (Fsp3) is 0.389. The van der Waals surface area contributed by atoms with Crippen LogP contribution >= 0.6 is 0 Å². The summed E-state index contributed by atoms with van der Waals surface area (Å²) < 4.78 is 1.91. The van der Waals surface area contributed by atoms with E-state index in [2.05, 4.69) is 10.4 Å². The largest absolute Gasteiger partial charge is 0.480 e. The Labute approximate surface area is 141 Å². The van der Waals surface area contributed by atoms with Crippen LogP contribution < -0.4 is 5.32 Å². The minimum atomic E-state index is -1.03. The van der Waals surface area contributed by atoms with E-state index in [0.29, 0.717) is 12.1 Å². The summed E-state index contributed by atoms with van der Waals surface area (Å²) in [5.74, 6) is -1.59. The Morgan fingerprint density at radius 2 is 1.83 bits per heavy atom. The van der Waals surface area contributed by atoms with Crippen molar-refractivity contribution in [3.8, 4) is 0 Å². The molecular weight excluding hydrogens is 306 g/mol. The second kappa shape index (κ2) is 7.29. The van der Waals surface area contributed by atoms with Crippen LogP contribution in [0.3, 0.4) is 0 Å². The Hall–Kier alpha value is -2.63. The molecule has 0 radical (unpaired) electrons. The molecule has 6 nitrogen and oxygen atoms in total. The van der Waals surface area contributed by atoms with Crippen LogP contribution in [0.4, 0.5) is 0 Å². The third-order valence-corrected chi connectivity index (χ3v) is 3.87. The second-order valence-corrected chi connectivity index (χ2v) is 6.32. The molecule has 128 valence electrons. The number of amides is 1. The second-order valence-electron chi connectivity index (χ2n) is 6.32. The molecule has 1 unspecified atom stereocenters. The van der Waals surface area contributed by atoms with Crippen LogP contribution in [0, 0.1) is 19.8 Å². The molecule has 0 spiro atoms. The van der Waals surface area contributed by atoms with Crippen LogP contribution in [0.5, 0.6) is 0 Å². The molecule has 1 aromatic heterocycles. The van der Waals surface area contributed by atoms with Crippen molar-refractivity contribution in [2.75, 3.05) is 0 Å². The Kier molecular flexibility index (Phi) is 5.39. The van der Waals surface area contributed by atoms with Gasteiger partial charge in [-0.1, -0.05) is 26.0 Å². The number of nitrogens with zero attached hydrogens (tertiary/aromatic N) is 2. The predicted molar refractivity (Wildman–Crippen MR) is 91.0 cm³/mol. The molecule has 6 heteroatoms. The molecule has 1 heterocycles. The van der Waals surface area contributed by atoms with Crippen molar-refractivity contribution < 1.29 is 14.7 Å². The van der Waals surface area contributed by atoms with Crippen LogP contribution in [-0.2, 0) is 11.3 Å². The molecular formula is C18H23N3O3. The van der Waals surface area contributed by atoms with Gasteiger partial charge >= 0.3 is 5.97 Å². The average Bonchev–Trinajstić information content (AvgIpc) is 2.82. The van der Waals surface area contributed by atoms with E-state index in [9.17, 15) is 9.59 Å². The lowest BCUT2D eigenvalue weighted by atomic mass is 10.0. The summed E-state index contributed by atoms with van der Waals surface area (Å²) in [6, 6.07) is 8.24. The Balaban J connectivity index is 2.07. The number of nitrogens with one attached hydrogen (secondary N) is 1. The number of benzene rings is 1. The molecule has 2 aromatic rings. The van der Waals surface area contributed by atoms with E-state index in [0.717, 1.165) is 17.0 Å². The molecule has 1 aromatic carbocycles. The fourth-order valence-corrected chi connectivity index (χ4v) is 2.51. The molecule has 0 aliphatic carbocycles. The lowest BCUT2D eigenvalue weighted by molar-refractivity contribution is -0.140. The van der Waals surface area contributed by atoms with Crippen LogP contribution in [-0.4, -0.2) is 32.8 Å². The maximum absolute atomic E-state index is 12.2. The third kappa shape index (κ3) is 4.22. The Morgan fingerprint density at radius 3 is 2.29 bits per heavy atom. The van der Waals surface area contributed by atoms with Crippen LogP contribution in [0.25, 0.3) is 0 Å². The number of carbonyl (C=O) groups is 2. The van der Waals surface area contributed by atoms with Gasteiger partial charge in [-0.2, -0.15) is 5.10 Å². The molecule has 0 bridgehead atoms. The minimum absolute atomic E-state index is 0.184. The van der Waals surface area contributed by atoms with Gasteiger partial charge in [-0.15, -0.1) is 0 Å². The highest BCUT2D eigenvalue weighted by Crippen LogP contribution is 2.10. The fourth-order valence-electron chi connectivity index (χ4n) is 2.51. The van der Waals surface area contributed by atoms with E-state index < -0.39 is 12.0 Å².